The summed E-state index contributed by atoms with van der Waals surface area (Å²) in [7, 11) is 0. The minimum Gasteiger partial charge on any atom is -0.393 e. The van der Waals surface area contributed by atoms with Gasteiger partial charge in [-0.1, -0.05) is 53.2 Å². The van der Waals surface area contributed by atoms with Crippen LogP contribution in [-0.4, -0.2) is 11.2 Å². The smallest absolute Gasteiger partial charge is 0.0594 e. The topological polar surface area (TPSA) is 20.2 Å². The van der Waals surface area contributed by atoms with Crippen molar-refractivity contribution in [2.75, 3.05) is 0 Å². The molecule has 1 heteroatoms. The van der Waals surface area contributed by atoms with Crippen molar-refractivity contribution in [1.29, 1.82) is 0 Å². The van der Waals surface area contributed by atoms with Crippen LogP contribution in [0.2, 0.25) is 0 Å². The Hall–Kier alpha value is -0.300. The molecule has 5 fully saturated rings. The molecule has 0 aromatic rings. The average molecular weight is 397 g/mol. The SMILES string of the molecule is CC1(C)CCC2CC[C@@]34C(=CCC5[C@@]6(C)CC[C@H](O)C(C)(C)C6CC3[C@]54C)C2C1. The number of hydrogen-bond donors (Lipinski definition) is 1. The molecule has 6 aliphatic rings. The lowest BCUT2D eigenvalue weighted by Crippen LogP contribution is -2.56. The molecule has 0 radical (unpaired) electrons. The van der Waals surface area contributed by atoms with Gasteiger partial charge in [0.1, 0.15) is 0 Å². The highest BCUT2D eigenvalue weighted by atomic mass is 16.3. The lowest BCUT2D eigenvalue weighted by atomic mass is 9.44. The molecule has 162 valence electrons. The van der Waals surface area contributed by atoms with E-state index in [4.69, 9.17) is 0 Å². The van der Waals surface area contributed by atoms with E-state index in [0.29, 0.717) is 27.6 Å². The highest BCUT2D eigenvalue weighted by molar-refractivity contribution is 5.45. The van der Waals surface area contributed by atoms with Gasteiger partial charge in [0.2, 0.25) is 0 Å². The summed E-state index contributed by atoms with van der Waals surface area (Å²) >= 11 is 0. The van der Waals surface area contributed by atoms with E-state index in [1.54, 1.807) is 0 Å². The van der Waals surface area contributed by atoms with Crippen molar-refractivity contribution in [3.8, 4) is 0 Å². The predicted molar refractivity (Wildman–Crippen MR) is 119 cm³/mol. The number of rotatable bonds is 0. The van der Waals surface area contributed by atoms with Crippen molar-refractivity contribution in [3.63, 3.8) is 0 Å². The molecular formula is C28H44O. The zero-order chi connectivity index (χ0) is 20.6. The standard InChI is InChI=1S/C28H44O/c1-24(2)12-9-17-10-14-28-19(18(17)16-24)7-8-20-26(5)13-11-23(29)25(3,4)21(26)15-22(28)27(20,28)6/h7,17-18,20-23,29H,8-16H2,1-6H3/t17?,18?,20?,21?,22?,23-,26+,27-,28+/m0/s1. The summed E-state index contributed by atoms with van der Waals surface area (Å²) in [6.45, 7) is 15.2. The maximum atomic E-state index is 10.9. The summed E-state index contributed by atoms with van der Waals surface area (Å²) in [5, 5.41) is 10.9. The zero-order valence-electron chi connectivity index (χ0n) is 19.9. The van der Waals surface area contributed by atoms with Crippen LogP contribution in [0, 0.1) is 56.7 Å². The van der Waals surface area contributed by atoms with E-state index < -0.39 is 0 Å². The quantitative estimate of drug-likeness (QED) is 0.437. The van der Waals surface area contributed by atoms with Gasteiger partial charge in [0.25, 0.3) is 0 Å². The molecule has 0 aliphatic heterocycles. The number of aliphatic hydroxyl groups is 1. The van der Waals surface area contributed by atoms with E-state index in [2.05, 4.69) is 47.6 Å². The minimum atomic E-state index is -0.108. The van der Waals surface area contributed by atoms with E-state index in [-0.39, 0.29) is 11.5 Å². The van der Waals surface area contributed by atoms with Gasteiger partial charge in [-0.25, -0.2) is 0 Å². The van der Waals surface area contributed by atoms with Gasteiger partial charge >= 0.3 is 0 Å². The second-order valence-electron chi connectivity index (χ2n) is 14.2. The van der Waals surface area contributed by atoms with E-state index in [1.807, 2.05) is 5.57 Å². The maximum absolute atomic E-state index is 10.9. The van der Waals surface area contributed by atoms with Crippen molar-refractivity contribution < 1.29 is 5.11 Å². The second kappa shape index (κ2) is 5.36. The predicted octanol–water partition coefficient (Wildman–Crippen LogP) is 7.00. The molecule has 0 aromatic carbocycles. The Balaban J connectivity index is 1.43. The van der Waals surface area contributed by atoms with Crippen LogP contribution in [0.15, 0.2) is 11.6 Å². The van der Waals surface area contributed by atoms with Crippen molar-refractivity contribution in [3.05, 3.63) is 11.6 Å². The zero-order valence-corrected chi connectivity index (χ0v) is 19.9. The van der Waals surface area contributed by atoms with E-state index in [0.717, 1.165) is 30.1 Å². The van der Waals surface area contributed by atoms with E-state index in [1.165, 1.54) is 51.4 Å². The lowest BCUT2D eigenvalue weighted by Gasteiger charge is -2.61. The van der Waals surface area contributed by atoms with Crippen molar-refractivity contribution >= 4 is 0 Å². The Bertz CT molecular complexity index is 775. The summed E-state index contributed by atoms with van der Waals surface area (Å²) in [6.07, 6.45) is 15.0. The van der Waals surface area contributed by atoms with E-state index >= 15 is 0 Å². The third-order valence-corrected chi connectivity index (χ3v) is 12.6. The summed E-state index contributed by atoms with van der Waals surface area (Å²) in [5.41, 5.74) is 4.06. The van der Waals surface area contributed by atoms with Gasteiger partial charge in [0.05, 0.1) is 6.10 Å². The Labute approximate surface area is 179 Å². The number of hydrogen-bond acceptors (Lipinski definition) is 1. The second-order valence-corrected chi connectivity index (χ2v) is 14.2. The van der Waals surface area contributed by atoms with Crippen LogP contribution in [0.4, 0.5) is 0 Å². The Morgan fingerprint density at radius 2 is 1.59 bits per heavy atom. The van der Waals surface area contributed by atoms with Crippen LogP contribution in [0.3, 0.4) is 0 Å². The molecule has 0 bridgehead atoms. The first-order valence-corrected chi connectivity index (χ1v) is 12.9. The van der Waals surface area contributed by atoms with Crippen LogP contribution in [0.5, 0.6) is 0 Å². The lowest BCUT2D eigenvalue weighted by molar-refractivity contribution is -0.151. The van der Waals surface area contributed by atoms with Gasteiger partial charge in [0.15, 0.2) is 0 Å². The fourth-order valence-corrected chi connectivity index (χ4v) is 11.1. The Morgan fingerprint density at radius 3 is 2.34 bits per heavy atom. The first-order valence-electron chi connectivity index (χ1n) is 12.9. The summed E-state index contributed by atoms with van der Waals surface area (Å²) in [6, 6.07) is 0. The molecule has 0 amide bonds. The first kappa shape index (κ1) is 19.4. The molecule has 5 saturated carbocycles. The molecule has 1 N–H and O–H groups in total. The fourth-order valence-electron chi connectivity index (χ4n) is 11.1. The molecule has 0 aromatic heterocycles. The van der Waals surface area contributed by atoms with Crippen LogP contribution in [0.1, 0.15) is 99.3 Å². The highest BCUT2D eigenvalue weighted by Crippen LogP contribution is 2.89. The van der Waals surface area contributed by atoms with Crippen LogP contribution in [0.25, 0.3) is 0 Å². The fraction of sp³-hybridized carbons (Fsp3) is 0.929. The van der Waals surface area contributed by atoms with Crippen molar-refractivity contribution in [2.45, 2.75) is 105 Å². The monoisotopic (exact) mass is 396 g/mol. The van der Waals surface area contributed by atoms with Gasteiger partial charge < -0.3 is 5.11 Å². The third-order valence-electron chi connectivity index (χ3n) is 12.6. The Morgan fingerprint density at radius 1 is 0.862 bits per heavy atom. The number of aliphatic hydroxyl groups excluding tert-OH is 1. The van der Waals surface area contributed by atoms with Crippen LogP contribution < -0.4 is 0 Å². The van der Waals surface area contributed by atoms with E-state index in [9.17, 15) is 5.11 Å². The molecule has 0 heterocycles. The molecule has 5 unspecified atom stereocenters. The number of allylic oxidation sites excluding steroid dienone is 2. The number of fused-ring (bicyclic) bond motifs is 4. The molecule has 6 rings (SSSR count). The molecule has 9 atom stereocenters. The average Bonchev–Trinajstić information content (AvgIpc) is 3.17. The normalized spacial score (nSPS) is 58.8. The minimum absolute atomic E-state index is 0.0743. The molecule has 6 aliphatic carbocycles. The van der Waals surface area contributed by atoms with Gasteiger partial charge in [-0.3, -0.25) is 0 Å². The van der Waals surface area contributed by atoms with Crippen molar-refractivity contribution in [1.82, 2.24) is 0 Å². The van der Waals surface area contributed by atoms with Crippen LogP contribution >= 0.6 is 0 Å². The molecule has 0 saturated heterocycles. The molecular weight excluding hydrogens is 352 g/mol. The highest BCUT2D eigenvalue weighted by Gasteiger charge is 2.84. The molecule has 29 heavy (non-hydrogen) atoms. The maximum Gasteiger partial charge on any atom is 0.0594 e. The van der Waals surface area contributed by atoms with Gasteiger partial charge in [0, 0.05) is 5.41 Å². The van der Waals surface area contributed by atoms with Crippen LogP contribution in [-0.2, 0) is 0 Å². The van der Waals surface area contributed by atoms with Gasteiger partial charge in [-0.2, -0.15) is 0 Å². The molecule has 1 spiro atoms. The third kappa shape index (κ3) is 2.04. The largest absolute Gasteiger partial charge is 0.393 e. The summed E-state index contributed by atoms with van der Waals surface area (Å²) < 4.78 is 0. The molecule has 1 nitrogen and oxygen atoms in total. The summed E-state index contributed by atoms with van der Waals surface area (Å²) in [5.74, 6) is 4.27. The first-order chi connectivity index (χ1) is 13.5. The van der Waals surface area contributed by atoms with Gasteiger partial charge in [-0.15, -0.1) is 0 Å². The Kier molecular flexibility index (Phi) is 3.58. The summed E-state index contributed by atoms with van der Waals surface area (Å²) in [4.78, 5) is 0. The van der Waals surface area contributed by atoms with Gasteiger partial charge in [-0.05, 0) is 109 Å². The van der Waals surface area contributed by atoms with Crippen molar-refractivity contribution in [2.24, 2.45) is 56.7 Å².